The lowest BCUT2D eigenvalue weighted by Crippen LogP contribution is -2.47. The van der Waals surface area contributed by atoms with Crippen LogP contribution in [0.1, 0.15) is 41.8 Å². The van der Waals surface area contributed by atoms with Crippen molar-refractivity contribution in [1.82, 2.24) is 20.0 Å². The summed E-state index contributed by atoms with van der Waals surface area (Å²) < 4.78 is 1.71. The predicted octanol–water partition coefficient (Wildman–Crippen LogP) is 2.53. The minimum absolute atomic E-state index is 0.0931. The Bertz CT molecular complexity index is 767. The van der Waals surface area contributed by atoms with E-state index in [4.69, 9.17) is 0 Å². The molecule has 1 atom stereocenters. The van der Waals surface area contributed by atoms with Crippen LogP contribution >= 0.6 is 0 Å². The molecule has 1 aromatic carbocycles. The van der Waals surface area contributed by atoms with Crippen LogP contribution in [0.2, 0.25) is 0 Å². The number of carbonyl (C=O) groups excluding carboxylic acids is 2. The third-order valence-corrected chi connectivity index (χ3v) is 4.25. The summed E-state index contributed by atoms with van der Waals surface area (Å²) in [6.45, 7) is 6.44. The van der Waals surface area contributed by atoms with E-state index in [1.165, 1.54) is 0 Å². The van der Waals surface area contributed by atoms with Crippen LogP contribution in [0.25, 0.3) is 0 Å². The molecular formula is C20H28N4O2. The van der Waals surface area contributed by atoms with Gasteiger partial charge in [-0.05, 0) is 30.9 Å². The number of amides is 2. The fourth-order valence-electron chi connectivity index (χ4n) is 2.93. The summed E-state index contributed by atoms with van der Waals surface area (Å²) in [7, 11) is 3.60. The van der Waals surface area contributed by atoms with E-state index in [9.17, 15) is 9.59 Å². The number of likely N-dealkylation sites (N-methyl/N-ethyl adjacent to an activating group) is 1. The lowest BCUT2D eigenvalue weighted by molar-refractivity contribution is -0.132. The molecule has 0 spiro atoms. The van der Waals surface area contributed by atoms with Crippen LogP contribution in [0.3, 0.4) is 0 Å². The molecule has 0 fully saturated rings. The van der Waals surface area contributed by atoms with Gasteiger partial charge >= 0.3 is 0 Å². The van der Waals surface area contributed by atoms with Gasteiger partial charge in [0, 0.05) is 38.0 Å². The molecule has 0 aliphatic rings. The van der Waals surface area contributed by atoms with E-state index in [2.05, 4.69) is 10.4 Å². The minimum Gasteiger partial charge on any atom is -0.340 e. The summed E-state index contributed by atoms with van der Waals surface area (Å²) in [5.41, 5.74) is 2.45. The molecule has 0 saturated heterocycles. The van der Waals surface area contributed by atoms with Gasteiger partial charge in [-0.3, -0.25) is 14.3 Å². The first-order valence-corrected chi connectivity index (χ1v) is 8.87. The van der Waals surface area contributed by atoms with Crippen molar-refractivity contribution in [2.75, 3.05) is 7.05 Å². The van der Waals surface area contributed by atoms with Crippen molar-refractivity contribution in [3.8, 4) is 0 Å². The SMILES string of the molecule is Cc1ccccc1C(=O)NC(CC(C)C)C(=O)N(C)Cc1cnn(C)c1. The minimum atomic E-state index is -0.552. The first kappa shape index (κ1) is 19.7. The van der Waals surface area contributed by atoms with Crippen molar-refractivity contribution in [2.24, 2.45) is 13.0 Å². The molecule has 6 nitrogen and oxygen atoms in total. The van der Waals surface area contributed by atoms with Crippen molar-refractivity contribution in [2.45, 2.75) is 39.8 Å². The molecule has 1 unspecified atom stereocenters. The lowest BCUT2D eigenvalue weighted by Gasteiger charge is -2.25. The molecule has 0 aliphatic carbocycles. The first-order chi connectivity index (χ1) is 12.3. The van der Waals surface area contributed by atoms with E-state index >= 15 is 0 Å². The standard InChI is InChI=1S/C20H28N4O2/c1-14(2)10-18(22-19(25)17-9-7-6-8-15(17)3)20(26)23(4)12-16-11-21-24(5)13-16/h6-9,11,13-14,18H,10,12H2,1-5H3,(H,22,25). The van der Waals surface area contributed by atoms with Gasteiger partial charge in [-0.2, -0.15) is 5.10 Å². The summed E-state index contributed by atoms with van der Waals surface area (Å²) >= 11 is 0. The zero-order valence-corrected chi connectivity index (χ0v) is 16.2. The van der Waals surface area contributed by atoms with E-state index in [1.54, 1.807) is 28.9 Å². The highest BCUT2D eigenvalue weighted by atomic mass is 16.2. The van der Waals surface area contributed by atoms with Gasteiger partial charge in [0.25, 0.3) is 5.91 Å². The molecule has 2 rings (SSSR count). The first-order valence-electron chi connectivity index (χ1n) is 8.87. The molecular weight excluding hydrogens is 328 g/mol. The van der Waals surface area contributed by atoms with E-state index in [-0.39, 0.29) is 17.7 Å². The number of nitrogens with zero attached hydrogens (tertiary/aromatic N) is 3. The molecule has 0 bridgehead atoms. The summed E-state index contributed by atoms with van der Waals surface area (Å²) in [6.07, 6.45) is 4.22. The van der Waals surface area contributed by atoms with Crippen LogP contribution in [0.5, 0.6) is 0 Å². The number of aromatic nitrogens is 2. The molecule has 0 saturated carbocycles. The number of nitrogens with one attached hydrogen (secondary N) is 1. The van der Waals surface area contributed by atoms with Crippen LogP contribution < -0.4 is 5.32 Å². The third kappa shape index (κ3) is 5.18. The average molecular weight is 356 g/mol. The largest absolute Gasteiger partial charge is 0.340 e. The quantitative estimate of drug-likeness (QED) is 0.829. The Hall–Kier alpha value is -2.63. The fraction of sp³-hybridized carbons (Fsp3) is 0.450. The highest BCUT2D eigenvalue weighted by Crippen LogP contribution is 2.12. The maximum absolute atomic E-state index is 12.9. The number of rotatable bonds is 7. The van der Waals surface area contributed by atoms with Gasteiger partial charge < -0.3 is 10.2 Å². The molecule has 1 heterocycles. The van der Waals surface area contributed by atoms with E-state index in [0.29, 0.717) is 18.5 Å². The second-order valence-corrected chi connectivity index (χ2v) is 7.19. The second-order valence-electron chi connectivity index (χ2n) is 7.19. The van der Waals surface area contributed by atoms with Crippen molar-refractivity contribution >= 4 is 11.8 Å². The van der Waals surface area contributed by atoms with Gasteiger partial charge in [0.05, 0.1) is 6.20 Å². The van der Waals surface area contributed by atoms with Crippen LogP contribution in [0.15, 0.2) is 36.7 Å². The Labute approximate surface area is 155 Å². The Balaban J connectivity index is 2.11. The molecule has 2 amide bonds. The monoisotopic (exact) mass is 356 g/mol. The Morgan fingerprint density at radius 1 is 1.27 bits per heavy atom. The molecule has 2 aromatic rings. The molecule has 140 valence electrons. The Kier molecular flexibility index (Phi) is 6.55. The number of carbonyl (C=O) groups is 2. The summed E-state index contributed by atoms with van der Waals surface area (Å²) in [4.78, 5) is 27.2. The predicted molar refractivity (Wildman–Crippen MR) is 102 cm³/mol. The number of benzene rings is 1. The van der Waals surface area contributed by atoms with Gasteiger partial charge in [0.1, 0.15) is 6.04 Å². The van der Waals surface area contributed by atoms with Crippen LogP contribution in [-0.2, 0) is 18.4 Å². The zero-order chi connectivity index (χ0) is 19.3. The van der Waals surface area contributed by atoms with Gasteiger partial charge in [0.2, 0.25) is 5.91 Å². The molecule has 26 heavy (non-hydrogen) atoms. The third-order valence-electron chi connectivity index (χ3n) is 4.25. The Morgan fingerprint density at radius 2 is 1.96 bits per heavy atom. The normalized spacial score (nSPS) is 12.1. The number of hydrogen-bond donors (Lipinski definition) is 1. The van der Waals surface area contributed by atoms with Crippen molar-refractivity contribution < 1.29 is 9.59 Å². The Morgan fingerprint density at radius 3 is 2.54 bits per heavy atom. The van der Waals surface area contributed by atoms with Gasteiger partial charge in [-0.25, -0.2) is 0 Å². The van der Waals surface area contributed by atoms with E-state index < -0.39 is 6.04 Å². The van der Waals surface area contributed by atoms with Crippen molar-refractivity contribution in [3.63, 3.8) is 0 Å². The second kappa shape index (κ2) is 8.65. The van der Waals surface area contributed by atoms with Crippen molar-refractivity contribution in [1.29, 1.82) is 0 Å². The highest BCUT2D eigenvalue weighted by molar-refractivity contribution is 5.98. The lowest BCUT2D eigenvalue weighted by atomic mass is 10.0. The summed E-state index contributed by atoms with van der Waals surface area (Å²) in [5.74, 6) is -0.0192. The molecule has 1 aromatic heterocycles. The van der Waals surface area contributed by atoms with Gasteiger partial charge in [-0.15, -0.1) is 0 Å². The van der Waals surface area contributed by atoms with Crippen LogP contribution in [-0.4, -0.2) is 39.6 Å². The van der Waals surface area contributed by atoms with E-state index in [1.807, 2.05) is 52.2 Å². The molecule has 6 heteroatoms. The summed E-state index contributed by atoms with van der Waals surface area (Å²) in [5, 5.41) is 7.06. The van der Waals surface area contributed by atoms with Gasteiger partial charge in [0.15, 0.2) is 0 Å². The fourth-order valence-corrected chi connectivity index (χ4v) is 2.93. The zero-order valence-electron chi connectivity index (χ0n) is 16.2. The molecule has 0 radical (unpaired) electrons. The van der Waals surface area contributed by atoms with Crippen LogP contribution in [0, 0.1) is 12.8 Å². The highest BCUT2D eigenvalue weighted by Gasteiger charge is 2.26. The maximum atomic E-state index is 12.9. The van der Waals surface area contributed by atoms with Gasteiger partial charge in [-0.1, -0.05) is 32.0 Å². The average Bonchev–Trinajstić information content (AvgIpc) is 2.98. The molecule has 1 N–H and O–H groups in total. The summed E-state index contributed by atoms with van der Waals surface area (Å²) in [6, 6.07) is 6.84. The maximum Gasteiger partial charge on any atom is 0.252 e. The number of aryl methyl sites for hydroxylation is 2. The smallest absolute Gasteiger partial charge is 0.252 e. The van der Waals surface area contributed by atoms with E-state index in [0.717, 1.165) is 11.1 Å². The number of hydrogen-bond acceptors (Lipinski definition) is 3. The van der Waals surface area contributed by atoms with Crippen LogP contribution in [0.4, 0.5) is 0 Å². The van der Waals surface area contributed by atoms with Crippen molar-refractivity contribution in [3.05, 3.63) is 53.3 Å². The molecule has 0 aliphatic heterocycles. The topological polar surface area (TPSA) is 67.2 Å².